The molecule has 0 radical (unpaired) electrons. The average molecular weight is 227 g/mol. The van der Waals surface area contributed by atoms with Crippen LogP contribution in [0.3, 0.4) is 0 Å². The van der Waals surface area contributed by atoms with Gasteiger partial charge in [-0.15, -0.1) is 11.6 Å². The van der Waals surface area contributed by atoms with Gasteiger partial charge in [0.15, 0.2) is 5.82 Å². The number of aromatic nitrogens is 4. The third kappa shape index (κ3) is 1.87. The molecule has 0 bridgehead atoms. The van der Waals surface area contributed by atoms with Gasteiger partial charge in [0.25, 0.3) is 5.89 Å². The van der Waals surface area contributed by atoms with Gasteiger partial charge in [0.05, 0.1) is 17.1 Å². The second-order valence-electron chi connectivity index (χ2n) is 3.24. The number of hydrogen-bond donors (Lipinski definition) is 1. The molecule has 2 aromatic rings. The fourth-order valence-corrected chi connectivity index (χ4v) is 1.31. The van der Waals surface area contributed by atoms with Gasteiger partial charge in [0, 0.05) is 5.69 Å². The molecule has 0 aromatic carbocycles. The molecule has 1 atom stereocenters. The van der Waals surface area contributed by atoms with Crippen molar-refractivity contribution in [3.63, 3.8) is 0 Å². The largest absolute Gasteiger partial charge is 0.334 e. The number of aromatic amines is 1. The van der Waals surface area contributed by atoms with Crippen molar-refractivity contribution in [1.29, 1.82) is 0 Å². The Morgan fingerprint density at radius 1 is 1.60 bits per heavy atom. The summed E-state index contributed by atoms with van der Waals surface area (Å²) >= 11 is 6.00. The summed E-state index contributed by atoms with van der Waals surface area (Å²) in [6.45, 7) is 3.86. The lowest BCUT2D eigenvalue weighted by atomic mass is 10.2. The van der Waals surface area contributed by atoms with E-state index in [-0.39, 0.29) is 5.38 Å². The van der Waals surface area contributed by atoms with Gasteiger partial charge >= 0.3 is 0 Å². The van der Waals surface area contributed by atoms with E-state index in [1.165, 1.54) is 0 Å². The maximum absolute atomic E-state index is 6.00. The standard InChI is InChI=1S/C9H11ClN4O/c1-3-7(10)8-12-9(15-14-8)6-4-11-13-5(6)2/h4,7H,3H2,1-2H3,(H,11,13). The van der Waals surface area contributed by atoms with Crippen molar-refractivity contribution < 1.29 is 4.52 Å². The molecular formula is C9H11ClN4O. The van der Waals surface area contributed by atoms with Crippen molar-refractivity contribution >= 4 is 11.6 Å². The quantitative estimate of drug-likeness (QED) is 0.817. The fraction of sp³-hybridized carbons (Fsp3) is 0.444. The van der Waals surface area contributed by atoms with Crippen LogP contribution in [0.1, 0.15) is 30.2 Å². The van der Waals surface area contributed by atoms with E-state index in [2.05, 4.69) is 20.3 Å². The third-order valence-electron chi connectivity index (χ3n) is 2.14. The zero-order valence-electron chi connectivity index (χ0n) is 8.49. The number of hydrogen-bond acceptors (Lipinski definition) is 4. The Bertz CT molecular complexity index is 450. The molecule has 2 rings (SSSR count). The van der Waals surface area contributed by atoms with Gasteiger partial charge in [-0.2, -0.15) is 10.1 Å². The van der Waals surface area contributed by atoms with E-state index in [0.29, 0.717) is 11.7 Å². The van der Waals surface area contributed by atoms with Crippen molar-refractivity contribution in [2.75, 3.05) is 0 Å². The van der Waals surface area contributed by atoms with Crippen LogP contribution >= 0.6 is 11.6 Å². The molecule has 0 aliphatic heterocycles. The van der Waals surface area contributed by atoms with E-state index in [0.717, 1.165) is 17.7 Å². The second-order valence-corrected chi connectivity index (χ2v) is 3.77. The summed E-state index contributed by atoms with van der Waals surface area (Å²) in [7, 11) is 0. The first kappa shape index (κ1) is 10.2. The Morgan fingerprint density at radius 3 is 3.00 bits per heavy atom. The maximum Gasteiger partial charge on any atom is 0.261 e. The summed E-state index contributed by atoms with van der Waals surface area (Å²) in [5.74, 6) is 0.977. The predicted molar refractivity (Wildman–Crippen MR) is 55.5 cm³/mol. The molecule has 6 heteroatoms. The third-order valence-corrected chi connectivity index (χ3v) is 2.64. The minimum absolute atomic E-state index is 0.199. The molecule has 0 aliphatic rings. The highest BCUT2D eigenvalue weighted by molar-refractivity contribution is 6.20. The zero-order chi connectivity index (χ0) is 10.8. The van der Waals surface area contributed by atoms with Crippen LogP contribution in [0.25, 0.3) is 11.5 Å². The number of H-pyrrole nitrogens is 1. The van der Waals surface area contributed by atoms with E-state index < -0.39 is 0 Å². The average Bonchev–Trinajstić information content (AvgIpc) is 2.84. The van der Waals surface area contributed by atoms with E-state index in [1.54, 1.807) is 6.20 Å². The highest BCUT2D eigenvalue weighted by Crippen LogP contribution is 2.25. The maximum atomic E-state index is 6.00. The summed E-state index contributed by atoms with van der Waals surface area (Å²) in [6.07, 6.45) is 2.42. The second kappa shape index (κ2) is 4.02. The molecule has 80 valence electrons. The molecule has 0 saturated carbocycles. The molecule has 0 fully saturated rings. The van der Waals surface area contributed by atoms with Crippen molar-refractivity contribution in [1.82, 2.24) is 20.3 Å². The van der Waals surface area contributed by atoms with Gasteiger partial charge < -0.3 is 4.52 Å². The summed E-state index contributed by atoms with van der Waals surface area (Å²) in [4.78, 5) is 4.21. The van der Waals surface area contributed by atoms with Gasteiger partial charge in [-0.05, 0) is 13.3 Å². The monoisotopic (exact) mass is 226 g/mol. The Kier molecular flexibility index (Phi) is 2.73. The summed E-state index contributed by atoms with van der Waals surface area (Å²) < 4.78 is 5.11. The molecule has 0 amide bonds. The molecule has 2 heterocycles. The van der Waals surface area contributed by atoms with Crippen LogP contribution in [0, 0.1) is 6.92 Å². The van der Waals surface area contributed by atoms with Crippen molar-refractivity contribution in [2.24, 2.45) is 0 Å². The number of halogens is 1. The Hall–Kier alpha value is -1.36. The number of rotatable bonds is 3. The molecule has 0 spiro atoms. The predicted octanol–water partition coefficient (Wildman–Crippen LogP) is 2.46. The van der Waals surface area contributed by atoms with Gasteiger partial charge in [-0.25, -0.2) is 0 Å². The lowest BCUT2D eigenvalue weighted by Gasteiger charge is -1.95. The Balaban J connectivity index is 2.32. The normalized spacial score (nSPS) is 13.0. The van der Waals surface area contributed by atoms with Gasteiger partial charge in [-0.3, -0.25) is 5.10 Å². The van der Waals surface area contributed by atoms with Crippen molar-refractivity contribution in [3.05, 3.63) is 17.7 Å². The van der Waals surface area contributed by atoms with Gasteiger partial charge in [-0.1, -0.05) is 12.1 Å². The first-order valence-electron chi connectivity index (χ1n) is 4.70. The molecule has 2 aromatic heterocycles. The lowest BCUT2D eigenvalue weighted by molar-refractivity contribution is 0.421. The molecular weight excluding hydrogens is 216 g/mol. The van der Waals surface area contributed by atoms with Crippen molar-refractivity contribution in [2.45, 2.75) is 25.6 Å². The number of aryl methyl sites for hydroxylation is 1. The minimum atomic E-state index is -0.199. The number of alkyl halides is 1. The molecule has 5 nitrogen and oxygen atoms in total. The molecule has 1 N–H and O–H groups in total. The van der Waals surface area contributed by atoms with E-state index in [4.69, 9.17) is 16.1 Å². The molecule has 15 heavy (non-hydrogen) atoms. The van der Waals surface area contributed by atoms with Gasteiger partial charge in [0.2, 0.25) is 0 Å². The van der Waals surface area contributed by atoms with E-state index in [1.807, 2.05) is 13.8 Å². The van der Waals surface area contributed by atoms with Crippen LogP contribution in [0.2, 0.25) is 0 Å². The molecule has 0 saturated heterocycles. The molecule has 1 unspecified atom stereocenters. The van der Waals surface area contributed by atoms with E-state index >= 15 is 0 Å². The number of nitrogens with zero attached hydrogens (tertiary/aromatic N) is 3. The topological polar surface area (TPSA) is 67.6 Å². The van der Waals surface area contributed by atoms with Crippen LogP contribution in [-0.4, -0.2) is 20.3 Å². The first-order valence-corrected chi connectivity index (χ1v) is 5.14. The SMILES string of the molecule is CCC(Cl)c1noc(-c2cn[nH]c2C)n1. The lowest BCUT2D eigenvalue weighted by Crippen LogP contribution is -1.90. The fourth-order valence-electron chi connectivity index (χ4n) is 1.22. The van der Waals surface area contributed by atoms with Gasteiger partial charge in [0.1, 0.15) is 0 Å². The van der Waals surface area contributed by atoms with Crippen LogP contribution in [0.15, 0.2) is 10.7 Å². The van der Waals surface area contributed by atoms with Crippen LogP contribution in [0.4, 0.5) is 0 Å². The molecule has 0 aliphatic carbocycles. The summed E-state index contributed by atoms with van der Waals surface area (Å²) in [6, 6.07) is 0. The number of nitrogens with one attached hydrogen (secondary N) is 1. The summed E-state index contributed by atoms with van der Waals surface area (Å²) in [5.41, 5.74) is 1.71. The highest BCUT2D eigenvalue weighted by atomic mass is 35.5. The minimum Gasteiger partial charge on any atom is -0.334 e. The smallest absolute Gasteiger partial charge is 0.261 e. The Morgan fingerprint density at radius 2 is 2.40 bits per heavy atom. The van der Waals surface area contributed by atoms with Crippen LogP contribution in [0.5, 0.6) is 0 Å². The van der Waals surface area contributed by atoms with Crippen LogP contribution in [-0.2, 0) is 0 Å². The van der Waals surface area contributed by atoms with E-state index in [9.17, 15) is 0 Å². The Labute approximate surface area is 91.8 Å². The highest BCUT2D eigenvalue weighted by Gasteiger charge is 2.16. The zero-order valence-corrected chi connectivity index (χ0v) is 9.25. The van der Waals surface area contributed by atoms with Crippen molar-refractivity contribution in [3.8, 4) is 11.5 Å². The first-order chi connectivity index (χ1) is 7.22. The summed E-state index contributed by atoms with van der Waals surface area (Å²) in [5, 5.41) is 10.3. The van der Waals surface area contributed by atoms with Crippen LogP contribution < -0.4 is 0 Å².